The quantitative estimate of drug-likeness (QED) is 0.812. The Labute approximate surface area is 111 Å². The Hall–Kier alpha value is -0.890. The molecule has 0 bridgehead atoms. The van der Waals surface area contributed by atoms with Crippen molar-refractivity contribution in [1.82, 2.24) is 10.3 Å². The first kappa shape index (κ1) is 13.5. The van der Waals surface area contributed by atoms with Crippen molar-refractivity contribution in [2.24, 2.45) is 5.92 Å². The van der Waals surface area contributed by atoms with E-state index in [1.54, 1.807) is 0 Å². The second kappa shape index (κ2) is 6.89. The summed E-state index contributed by atoms with van der Waals surface area (Å²) in [6, 6.07) is 4.89. The normalized spacial score (nSPS) is 19.4. The highest BCUT2D eigenvalue weighted by molar-refractivity contribution is 5.18. The summed E-state index contributed by atoms with van der Waals surface area (Å²) >= 11 is 0. The molecule has 1 unspecified atom stereocenters. The van der Waals surface area contributed by atoms with E-state index >= 15 is 0 Å². The molecular weight excluding hydrogens is 220 g/mol. The first-order chi connectivity index (χ1) is 8.81. The van der Waals surface area contributed by atoms with Gasteiger partial charge >= 0.3 is 0 Å². The van der Waals surface area contributed by atoms with Crippen LogP contribution in [0.15, 0.2) is 18.3 Å². The van der Waals surface area contributed by atoms with Gasteiger partial charge in [-0.15, -0.1) is 0 Å². The van der Waals surface area contributed by atoms with Crippen molar-refractivity contribution in [3.05, 3.63) is 29.6 Å². The van der Waals surface area contributed by atoms with E-state index in [0.29, 0.717) is 6.04 Å². The summed E-state index contributed by atoms with van der Waals surface area (Å²) in [6.45, 7) is 5.29. The van der Waals surface area contributed by atoms with Crippen LogP contribution in [0.25, 0.3) is 0 Å². The van der Waals surface area contributed by atoms with E-state index in [2.05, 4.69) is 42.5 Å². The van der Waals surface area contributed by atoms with Crippen molar-refractivity contribution in [1.29, 1.82) is 0 Å². The van der Waals surface area contributed by atoms with Gasteiger partial charge in [-0.2, -0.15) is 0 Å². The van der Waals surface area contributed by atoms with E-state index in [0.717, 1.165) is 18.2 Å². The Morgan fingerprint density at radius 3 is 2.50 bits per heavy atom. The molecule has 1 saturated carbocycles. The van der Waals surface area contributed by atoms with Gasteiger partial charge in [0.05, 0.1) is 0 Å². The molecule has 1 heterocycles. The van der Waals surface area contributed by atoms with Gasteiger partial charge in [-0.05, 0) is 43.9 Å². The van der Waals surface area contributed by atoms with Gasteiger partial charge in [0.25, 0.3) is 0 Å². The summed E-state index contributed by atoms with van der Waals surface area (Å²) in [4.78, 5) is 4.46. The van der Waals surface area contributed by atoms with Crippen LogP contribution in [0.5, 0.6) is 0 Å². The van der Waals surface area contributed by atoms with Crippen LogP contribution in [0, 0.1) is 12.8 Å². The SMILES string of the molecule is CCNC(c1ccc(C)nc1)C1CCCCCC1. The molecule has 1 fully saturated rings. The van der Waals surface area contributed by atoms with Crippen LogP contribution in [0.3, 0.4) is 0 Å². The smallest absolute Gasteiger partial charge is 0.0372 e. The van der Waals surface area contributed by atoms with E-state index in [9.17, 15) is 0 Å². The molecule has 2 nitrogen and oxygen atoms in total. The van der Waals surface area contributed by atoms with Crippen LogP contribution in [-0.2, 0) is 0 Å². The van der Waals surface area contributed by atoms with Crippen LogP contribution >= 0.6 is 0 Å². The fourth-order valence-electron chi connectivity index (χ4n) is 3.08. The van der Waals surface area contributed by atoms with Crippen molar-refractivity contribution in [3.8, 4) is 0 Å². The minimum absolute atomic E-state index is 0.501. The van der Waals surface area contributed by atoms with Gasteiger partial charge in [0.2, 0.25) is 0 Å². The first-order valence-electron chi connectivity index (χ1n) is 7.47. The molecule has 0 aliphatic heterocycles. The van der Waals surface area contributed by atoms with E-state index in [1.165, 1.54) is 44.1 Å². The predicted octanol–water partition coefficient (Wildman–Crippen LogP) is 4.01. The molecule has 1 aromatic heterocycles. The van der Waals surface area contributed by atoms with Crippen LogP contribution in [0.1, 0.15) is 62.7 Å². The molecule has 0 radical (unpaired) electrons. The summed E-state index contributed by atoms with van der Waals surface area (Å²) < 4.78 is 0. The molecule has 100 valence electrons. The maximum atomic E-state index is 4.46. The van der Waals surface area contributed by atoms with Crippen LogP contribution in [0.2, 0.25) is 0 Å². The second-order valence-electron chi connectivity index (χ2n) is 5.52. The monoisotopic (exact) mass is 246 g/mol. The van der Waals surface area contributed by atoms with E-state index in [4.69, 9.17) is 0 Å². The van der Waals surface area contributed by atoms with Crippen molar-refractivity contribution >= 4 is 0 Å². The minimum atomic E-state index is 0.501. The van der Waals surface area contributed by atoms with Crippen LogP contribution in [-0.4, -0.2) is 11.5 Å². The highest BCUT2D eigenvalue weighted by Gasteiger charge is 2.23. The Kier molecular flexibility index (Phi) is 5.18. The lowest BCUT2D eigenvalue weighted by Gasteiger charge is -2.27. The largest absolute Gasteiger partial charge is 0.310 e. The maximum Gasteiger partial charge on any atom is 0.0372 e. The molecule has 0 saturated heterocycles. The van der Waals surface area contributed by atoms with E-state index in [1.807, 2.05) is 0 Å². The number of nitrogens with zero attached hydrogens (tertiary/aromatic N) is 1. The average Bonchev–Trinajstić information content (AvgIpc) is 2.66. The summed E-state index contributed by atoms with van der Waals surface area (Å²) in [7, 11) is 0. The van der Waals surface area contributed by atoms with Crippen molar-refractivity contribution in [2.45, 2.75) is 58.4 Å². The number of rotatable bonds is 4. The second-order valence-corrected chi connectivity index (χ2v) is 5.52. The fraction of sp³-hybridized carbons (Fsp3) is 0.688. The summed E-state index contributed by atoms with van der Waals surface area (Å²) in [6.07, 6.45) is 10.4. The van der Waals surface area contributed by atoms with Gasteiger partial charge in [0.15, 0.2) is 0 Å². The number of aromatic nitrogens is 1. The van der Waals surface area contributed by atoms with Gasteiger partial charge in [-0.25, -0.2) is 0 Å². The highest BCUT2D eigenvalue weighted by atomic mass is 14.9. The van der Waals surface area contributed by atoms with Crippen molar-refractivity contribution < 1.29 is 0 Å². The molecule has 18 heavy (non-hydrogen) atoms. The summed E-state index contributed by atoms with van der Waals surface area (Å²) in [5.41, 5.74) is 2.48. The molecule has 0 spiro atoms. The Morgan fingerprint density at radius 2 is 1.94 bits per heavy atom. The van der Waals surface area contributed by atoms with Crippen molar-refractivity contribution in [2.75, 3.05) is 6.54 Å². The Balaban J connectivity index is 2.12. The fourth-order valence-corrected chi connectivity index (χ4v) is 3.08. The molecule has 1 atom stereocenters. The summed E-state index contributed by atoms with van der Waals surface area (Å²) in [5.74, 6) is 0.789. The lowest BCUT2D eigenvalue weighted by molar-refractivity contribution is 0.329. The molecule has 1 N–H and O–H groups in total. The third-order valence-electron chi connectivity index (χ3n) is 4.09. The van der Waals surface area contributed by atoms with Gasteiger partial charge < -0.3 is 5.32 Å². The molecule has 1 aromatic rings. The zero-order valence-electron chi connectivity index (χ0n) is 11.8. The van der Waals surface area contributed by atoms with Gasteiger partial charge in [0, 0.05) is 17.9 Å². The maximum absolute atomic E-state index is 4.46. The number of aryl methyl sites for hydroxylation is 1. The Bertz CT molecular complexity index is 337. The molecule has 0 aromatic carbocycles. The molecule has 1 aliphatic rings. The van der Waals surface area contributed by atoms with Gasteiger partial charge in [-0.3, -0.25) is 4.98 Å². The standard InChI is InChI=1S/C16H26N2/c1-3-17-16(14-8-6-4-5-7-9-14)15-11-10-13(2)18-12-15/h10-12,14,16-17H,3-9H2,1-2H3. The van der Waals surface area contributed by atoms with Gasteiger partial charge in [0.1, 0.15) is 0 Å². The molecule has 2 rings (SSSR count). The zero-order chi connectivity index (χ0) is 12.8. The number of hydrogen-bond donors (Lipinski definition) is 1. The molecule has 1 aliphatic carbocycles. The van der Waals surface area contributed by atoms with Crippen molar-refractivity contribution in [3.63, 3.8) is 0 Å². The lowest BCUT2D eigenvalue weighted by atomic mass is 9.87. The van der Waals surface area contributed by atoms with E-state index < -0.39 is 0 Å². The number of nitrogens with one attached hydrogen (secondary N) is 1. The number of hydrogen-bond acceptors (Lipinski definition) is 2. The van der Waals surface area contributed by atoms with Crippen LogP contribution < -0.4 is 5.32 Å². The topological polar surface area (TPSA) is 24.9 Å². The van der Waals surface area contributed by atoms with Crippen LogP contribution in [0.4, 0.5) is 0 Å². The highest BCUT2D eigenvalue weighted by Crippen LogP contribution is 2.33. The minimum Gasteiger partial charge on any atom is -0.310 e. The molecule has 0 amide bonds. The Morgan fingerprint density at radius 1 is 1.22 bits per heavy atom. The average molecular weight is 246 g/mol. The number of pyridine rings is 1. The van der Waals surface area contributed by atoms with Gasteiger partial charge in [-0.1, -0.05) is 38.7 Å². The lowest BCUT2D eigenvalue weighted by Crippen LogP contribution is -2.28. The summed E-state index contributed by atoms with van der Waals surface area (Å²) in [5, 5.41) is 3.68. The molecule has 2 heteroatoms. The first-order valence-corrected chi connectivity index (χ1v) is 7.47. The van der Waals surface area contributed by atoms with E-state index in [-0.39, 0.29) is 0 Å². The third kappa shape index (κ3) is 3.55. The predicted molar refractivity (Wildman–Crippen MR) is 76.6 cm³/mol. The third-order valence-corrected chi connectivity index (χ3v) is 4.09. The molecular formula is C16H26N2. The zero-order valence-corrected chi connectivity index (χ0v) is 11.8.